The summed E-state index contributed by atoms with van der Waals surface area (Å²) >= 11 is 0. The van der Waals surface area contributed by atoms with Crippen LogP contribution in [0.25, 0.3) is 5.76 Å². The molecule has 8 N–H and O–H groups in total. The minimum atomic E-state index is -2.74. The van der Waals surface area contributed by atoms with E-state index in [1.165, 1.54) is 13.2 Å². The highest BCUT2D eigenvalue weighted by Crippen LogP contribution is 2.54. The molecule has 3 aliphatic rings. The summed E-state index contributed by atoms with van der Waals surface area (Å²) in [6, 6.07) is 0.259. The number of carbonyl (C=O) groups excluding carboxylic acids is 4. The van der Waals surface area contributed by atoms with Crippen molar-refractivity contribution in [1.82, 2.24) is 10.2 Å². The zero-order chi connectivity index (χ0) is 31.1. The number of hydrogen-bond donors (Lipinski definition) is 7. The number of ether oxygens (including phenoxy) is 1. The molecular formula is C29H38N4O9. The van der Waals surface area contributed by atoms with Gasteiger partial charge in [0.15, 0.2) is 17.1 Å². The number of nitrogens with two attached hydrogens (primary N) is 1. The monoisotopic (exact) mass is 586 g/mol. The lowest BCUT2D eigenvalue weighted by molar-refractivity contribution is -0.154. The zero-order valence-electron chi connectivity index (χ0n) is 24.1. The molecule has 0 spiro atoms. The van der Waals surface area contributed by atoms with E-state index in [0.29, 0.717) is 18.7 Å². The van der Waals surface area contributed by atoms with Crippen molar-refractivity contribution in [3.8, 4) is 11.5 Å². The summed E-state index contributed by atoms with van der Waals surface area (Å²) in [6.45, 7) is 4.68. The first-order valence-electron chi connectivity index (χ1n) is 14.0. The normalized spacial score (nSPS) is 25.2. The van der Waals surface area contributed by atoms with E-state index < -0.39 is 69.7 Å². The van der Waals surface area contributed by atoms with Crippen LogP contribution in [-0.4, -0.2) is 94.1 Å². The molecule has 1 aromatic rings. The summed E-state index contributed by atoms with van der Waals surface area (Å²) in [5.41, 5.74) is 1.62. The van der Waals surface area contributed by atoms with Crippen molar-refractivity contribution in [2.24, 2.45) is 17.6 Å². The average molecular weight is 587 g/mol. The van der Waals surface area contributed by atoms with Gasteiger partial charge in [0.05, 0.1) is 30.9 Å². The molecule has 4 rings (SSSR count). The van der Waals surface area contributed by atoms with Crippen molar-refractivity contribution in [3.63, 3.8) is 0 Å². The maximum absolute atomic E-state index is 14.0. The van der Waals surface area contributed by atoms with Gasteiger partial charge in [-0.1, -0.05) is 20.3 Å². The second-order valence-corrected chi connectivity index (χ2v) is 11.0. The van der Waals surface area contributed by atoms with E-state index in [0.717, 1.165) is 12.8 Å². The van der Waals surface area contributed by atoms with E-state index in [4.69, 9.17) is 10.5 Å². The number of fused-ring (bicyclic) bond motifs is 3. The van der Waals surface area contributed by atoms with Crippen LogP contribution >= 0.6 is 0 Å². The minimum absolute atomic E-state index is 0.0270. The number of rotatable bonds is 10. The summed E-state index contributed by atoms with van der Waals surface area (Å²) in [5, 5.41) is 51.0. The van der Waals surface area contributed by atoms with Crippen LogP contribution in [0.15, 0.2) is 23.0 Å². The van der Waals surface area contributed by atoms with E-state index in [-0.39, 0.29) is 42.0 Å². The van der Waals surface area contributed by atoms with Gasteiger partial charge in [-0.25, -0.2) is 0 Å². The van der Waals surface area contributed by atoms with Crippen LogP contribution in [0.2, 0.25) is 0 Å². The highest BCUT2D eigenvalue weighted by atomic mass is 16.5. The number of nitrogens with one attached hydrogen (secondary N) is 2. The number of amides is 2. The van der Waals surface area contributed by atoms with Gasteiger partial charge in [0.1, 0.15) is 22.8 Å². The Kier molecular flexibility index (Phi) is 8.67. The summed E-state index contributed by atoms with van der Waals surface area (Å²) in [4.78, 5) is 53.7. The number of nitrogens with zero attached hydrogens (tertiary/aromatic N) is 1. The van der Waals surface area contributed by atoms with Gasteiger partial charge in [-0.15, -0.1) is 0 Å². The molecule has 228 valence electrons. The number of aliphatic hydroxyl groups is 3. The molecule has 1 aromatic carbocycles. The number of likely N-dealkylation sites (N-methyl/N-ethyl adjacent to an activating group) is 1. The number of Topliss-reactive ketones (excluding diaryl/α,β-unsaturated/α-hetero) is 2. The fraction of sp³-hybridized carbons (Fsp3) is 0.517. The lowest BCUT2D eigenvalue weighted by Gasteiger charge is -2.50. The average Bonchev–Trinajstić information content (AvgIpc) is 2.94. The van der Waals surface area contributed by atoms with E-state index in [9.17, 15) is 39.6 Å². The number of phenols is 1. The van der Waals surface area contributed by atoms with E-state index in [2.05, 4.69) is 10.6 Å². The quantitative estimate of drug-likeness (QED) is 0.115. The highest BCUT2D eigenvalue weighted by Gasteiger charge is 2.64. The van der Waals surface area contributed by atoms with Gasteiger partial charge in [-0.2, -0.15) is 0 Å². The number of benzene rings is 1. The number of aromatic hydroxyl groups is 1. The second kappa shape index (κ2) is 11.7. The van der Waals surface area contributed by atoms with Crippen LogP contribution in [0.1, 0.15) is 44.2 Å². The maximum Gasteiger partial charge on any atom is 0.255 e. The van der Waals surface area contributed by atoms with Crippen LogP contribution in [0, 0.1) is 11.8 Å². The predicted molar refractivity (Wildman–Crippen MR) is 152 cm³/mol. The van der Waals surface area contributed by atoms with Crippen molar-refractivity contribution >= 4 is 34.8 Å². The molecule has 1 fully saturated rings. The smallest absolute Gasteiger partial charge is 0.255 e. The number of methoxy groups -OCH3 is 1. The molecule has 0 bridgehead atoms. The van der Waals surface area contributed by atoms with Gasteiger partial charge in [0.25, 0.3) is 5.91 Å². The van der Waals surface area contributed by atoms with E-state index in [1.807, 2.05) is 6.92 Å². The summed E-state index contributed by atoms with van der Waals surface area (Å²) < 4.78 is 5.53. The largest absolute Gasteiger partial charge is 0.508 e. The third-order valence-electron chi connectivity index (χ3n) is 8.58. The molecular weight excluding hydrogens is 548 g/mol. The van der Waals surface area contributed by atoms with Gasteiger partial charge in [0, 0.05) is 23.1 Å². The Hall–Kier alpha value is -3.94. The molecule has 2 amide bonds. The summed E-state index contributed by atoms with van der Waals surface area (Å²) in [7, 11) is 2.97. The molecule has 0 radical (unpaired) electrons. The van der Waals surface area contributed by atoms with Gasteiger partial charge in [-0.05, 0) is 45.3 Å². The van der Waals surface area contributed by atoms with Crippen molar-refractivity contribution in [2.45, 2.75) is 51.2 Å². The molecule has 0 aromatic heterocycles. The number of primary amides is 1. The molecule has 13 heteroatoms. The Morgan fingerprint density at radius 3 is 2.50 bits per heavy atom. The summed E-state index contributed by atoms with van der Waals surface area (Å²) in [6.07, 6.45) is 1.86. The first-order valence-corrected chi connectivity index (χ1v) is 14.0. The van der Waals surface area contributed by atoms with Crippen LogP contribution in [0.5, 0.6) is 11.5 Å². The molecule has 4 atom stereocenters. The van der Waals surface area contributed by atoms with Crippen LogP contribution in [0.4, 0.5) is 5.69 Å². The van der Waals surface area contributed by atoms with Crippen LogP contribution in [0.3, 0.4) is 0 Å². The lowest BCUT2D eigenvalue weighted by Crippen LogP contribution is -2.66. The molecule has 42 heavy (non-hydrogen) atoms. The number of anilines is 1. The fourth-order valence-electron chi connectivity index (χ4n) is 6.36. The van der Waals surface area contributed by atoms with Gasteiger partial charge in [0.2, 0.25) is 11.7 Å². The molecule has 0 heterocycles. The molecule has 0 aliphatic heterocycles. The molecule has 13 nitrogen and oxygen atoms in total. The Morgan fingerprint density at radius 2 is 1.90 bits per heavy atom. The molecule has 1 saturated carbocycles. The van der Waals surface area contributed by atoms with E-state index >= 15 is 0 Å². The number of aliphatic hydroxyl groups excluding tert-OH is 2. The zero-order valence-corrected chi connectivity index (χ0v) is 24.1. The van der Waals surface area contributed by atoms with Crippen molar-refractivity contribution < 1.29 is 44.3 Å². The molecule has 0 saturated heterocycles. The van der Waals surface area contributed by atoms with Gasteiger partial charge < -0.3 is 41.5 Å². The molecule has 0 unspecified atom stereocenters. The standard InChI is InChI=1S/C29H38N4O9/c1-5-7-8-31-12-18(34)32-16-11-17(42-4)14-9-13-10-15-22(33(3)6-2)25(37)21(28(30)40)27(39)29(15,41)26(38)19(13)24(36)20(14)23(16)35/h11,13,15,22,31,35-36,39,41H,5-10,12H2,1-4H3,(H2,30,40)(H,32,34)/t13-,15-,22-,29-/m0/s1. The fourth-order valence-corrected chi connectivity index (χ4v) is 6.36. The lowest BCUT2D eigenvalue weighted by atomic mass is 9.57. The Balaban J connectivity index is 1.83. The molecule has 3 aliphatic carbocycles. The van der Waals surface area contributed by atoms with E-state index in [1.54, 1.807) is 18.9 Å². The maximum atomic E-state index is 14.0. The third kappa shape index (κ3) is 4.80. The topological polar surface area (TPSA) is 212 Å². The van der Waals surface area contributed by atoms with Crippen molar-refractivity contribution in [1.29, 1.82) is 0 Å². The minimum Gasteiger partial charge on any atom is -0.508 e. The SMILES string of the molecule is CCCCNCC(=O)Nc1cc(OC)c2c(c1O)C(O)=C1C(=O)[C@]3(O)C(O)=C(C(N)=O)C(=O)[C@@H](N(C)CC)[C@@H]3C[C@@H]1C2. The number of unbranched alkanes of at least 4 members (excludes halogenated alkanes) is 1. The Bertz CT molecular complexity index is 1400. The number of carbonyl (C=O) groups is 4. The summed E-state index contributed by atoms with van der Waals surface area (Å²) in [5.74, 6) is -7.69. The van der Waals surface area contributed by atoms with Crippen molar-refractivity contribution in [2.75, 3.05) is 39.1 Å². The Morgan fingerprint density at radius 1 is 1.21 bits per heavy atom. The third-order valence-corrected chi connectivity index (χ3v) is 8.58. The number of phenolic OH excluding ortho intramolecular Hbond substituents is 1. The van der Waals surface area contributed by atoms with Crippen molar-refractivity contribution in [3.05, 3.63) is 34.1 Å². The van der Waals surface area contributed by atoms with Crippen LogP contribution in [-0.2, 0) is 25.6 Å². The predicted octanol–water partition coefficient (Wildman–Crippen LogP) is 0.691. The van der Waals surface area contributed by atoms with Gasteiger partial charge in [-0.3, -0.25) is 24.1 Å². The number of ketones is 2. The van der Waals surface area contributed by atoms with Crippen LogP contribution < -0.4 is 21.1 Å². The van der Waals surface area contributed by atoms with Gasteiger partial charge >= 0.3 is 0 Å². The highest BCUT2D eigenvalue weighted by molar-refractivity contribution is 6.24. The first kappa shape index (κ1) is 31.0. The second-order valence-electron chi connectivity index (χ2n) is 11.0. The first-order chi connectivity index (χ1) is 19.8. The Labute approximate surface area is 243 Å². The number of hydrogen-bond acceptors (Lipinski definition) is 11.